The zero-order valence-corrected chi connectivity index (χ0v) is 12.7. The quantitative estimate of drug-likeness (QED) is 0.938. The summed E-state index contributed by atoms with van der Waals surface area (Å²) in [6.45, 7) is 2.91. The second-order valence-electron chi connectivity index (χ2n) is 5.81. The molecule has 2 N–H and O–H groups in total. The lowest BCUT2D eigenvalue weighted by Gasteiger charge is -2.32. The van der Waals surface area contributed by atoms with E-state index in [0.717, 1.165) is 30.2 Å². The van der Waals surface area contributed by atoms with Crippen LogP contribution in [0.15, 0.2) is 36.5 Å². The molecule has 0 amide bonds. The Hall–Kier alpha value is -1.65. The molecule has 1 aliphatic heterocycles. The van der Waals surface area contributed by atoms with Gasteiger partial charge in [-0.3, -0.25) is 4.90 Å². The van der Waals surface area contributed by atoms with Crippen LogP contribution in [-0.4, -0.2) is 34.1 Å². The van der Waals surface area contributed by atoms with Crippen LogP contribution in [-0.2, 0) is 7.05 Å². The summed E-state index contributed by atoms with van der Waals surface area (Å²) in [6.07, 6.45) is 6.02. The van der Waals surface area contributed by atoms with Gasteiger partial charge in [-0.05, 0) is 25.9 Å². The molecular formula is C17H24N4. The number of nitrogens with two attached hydrogens (primary N) is 1. The van der Waals surface area contributed by atoms with Crippen LogP contribution in [0, 0.1) is 0 Å². The Morgan fingerprint density at radius 2 is 1.86 bits per heavy atom. The highest BCUT2D eigenvalue weighted by Gasteiger charge is 2.24. The molecule has 1 fully saturated rings. The summed E-state index contributed by atoms with van der Waals surface area (Å²) in [7, 11) is 2.06. The number of aryl methyl sites for hydroxylation is 1. The molecule has 1 aromatic heterocycles. The second-order valence-corrected chi connectivity index (χ2v) is 5.81. The fourth-order valence-electron chi connectivity index (χ4n) is 3.19. The van der Waals surface area contributed by atoms with Crippen molar-refractivity contribution in [3.8, 4) is 11.4 Å². The minimum Gasteiger partial charge on any atom is -0.334 e. The van der Waals surface area contributed by atoms with E-state index in [-0.39, 0.29) is 6.04 Å². The Bertz CT molecular complexity index is 570. The van der Waals surface area contributed by atoms with Gasteiger partial charge < -0.3 is 10.3 Å². The van der Waals surface area contributed by atoms with Crippen LogP contribution >= 0.6 is 0 Å². The molecule has 3 rings (SSSR count). The van der Waals surface area contributed by atoms with E-state index in [1.54, 1.807) is 0 Å². The van der Waals surface area contributed by atoms with Crippen LogP contribution < -0.4 is 5.73 Å². The summed E-state index contributed by atoms with van der Waals surface area (Å²) in [5.41, 5.74) is 8.29. The Balaban J connectivity index is 1.88. The normalized spacial score (nSPS) is 17.8. The molecule has 1 aliphatic rings. The first-order chi connectivity index (χ1) is 10.3. The van der Waals surface area contributed by atoms with Gasteiger partial charge in [0.05, 0.1) is 11.7 Å². The third kappa shape index (κ3) is 3.01. The molecule has 1 saturated heterocycles. The summed E-state index contributed by atoms with van der Waals surface area (Å²) in [4.78, 5) is 7.35. The molecule has 2 aromatic rings. The van der Waals surface area contributed by atoms with Crippen LogP contribution in [0.4, 0.5) is 0 Å². The van der Waals surface area contributed by atoms with Crippen LogP contribution in [0.1, 0.15) is 31.0 Å². The SMILES string of the molecule is Cn1cc(C(CN)N2CCCCC2)nc1-c1ccccc1. The highest BCUT2D eigenvalue weighted by Crippen LogP contribution is 2.26. The van der Waals surface area contributed by atoms with Crippen LogP contribution in [0.5, 0.6) is 0 Å². The van der Waals surface area contributed by atoms with Gasteiger partial charge in [-0.2, -0.15) is 0 Å². The summed E-state index contributed by atoms with van der Waals surface area (Å²) in [6, 6.07) is 10.6. The van der Waals surface area contributed by atoms with Gasteiger partial charge in [0.25, 0.3) is 0 Å². The fraction of sp³-hybridized carbons (Fsp3) is 0.471. The largest absolute Gasteiger partial charge is 0.334 e. The van der Waals surface area contributed by atoms with Crippen LogP contribution in [0.2, 0.25) is 0 Å². The number of piperidine rings is 1. The van der Waals surface area contributed by atoms with E-state index in [9.17, 15) is 0 Å². The van der Waals surface area contributed by atoms with E-state index in [4.69, 9.17) is 10.7 Å². The lowest BCUT2D eigenvalue weighted by atomic mass is 10.1. The van der Waals surface area contributed by atoms with E-state index in [2.05, 4.69) is 47.0 Å². The molecule has 0 radical (unpaired) electrons. The predicted octanol–water partition coefficient (Wildman–Crippen LogP) is 2.57. The lowest BCUT2D eigenvalue weighted by Crippen LogP contribution is -2.37. The zero-order chi connectivity index (χ0) is 14.7. The monoisotopic (exact) mass is 284 g/mol. The van der Waals surface area contributed by atoms with Crippen molar-refractivity contribution in [3.63, 3.8) is 0 Å². The van der Waals surface area contributed by atoms with E-state index >= 15 is 0 Å². The molecule has 2 heterocycles. The highest BCUT2D eigenvalue weighted by molar-refractivity contribution is 5.55. The minimum atomic E-state index is 0.244. The van der Waals surface area contributed by atoms with E-state index in [0.29, 0.717) is 6.54 Å². The predicted molar refractivity (Wildman–Crippen MR) is 85.9 cm³/mol. The fourth-order valence-corrected chi connectivity index (χ4v) is 3.19. The third-order valence-corrected chi connectivity index (χ3v) is 4.32. The maximum absolute atomic E-state index is 6.04. The molecule has 4 heteroatoms. The highest BCUT2D eigenvalue weighted by atomic mass is 15.2. The van der Waals surface area contributed by atoms with Gasteiger partial charge in [0, 0.05) is 25.4 Å². The molecule has 1 unspecified atom stereocenters. The number of hydrogen-bond acceptors (Lipinski definition) is 3. The summed E-state index contributed by atoms with van der Waals surface area (Å²) < 4.78 is 2.11. The minimum absolute atomic E-state index is 0.244. The lowest BCUT2D eigenvalue weighted by molar-refractivity contribution is 0.165. The Morgan fingerprint density at radius 3 is 2.52 bits per heavy atom. The number of benzene rings is 1. The van der Waals surface area contributed by atoms with Crippen molar-refractivity contribution in [2.45, 2.75) is 25.3 Å². The van der Waals surface area contributed by atoms with Crippen molar-refractivity contribution in [1.29, 1.82) is 0 Å². The smallest absolute Gasteiger partial charge is 0.140 e. The zero-order valence-electron chi connectivity index (χ0n) is 12.7. The van der Waals surface area contributed by atoms with Crippen LogP contribution in [0.3, 0.4) is 0 Å². The van der Waals surface area contributed by atoms with Crippen LogP contribution in [0.25, 0.3) is 11.4 Å². The van der Waals surface area contributed by atoms with Gasteiger partial charge in [0.15, 0.2) is 0 Å². The van der Waals surface area contributed by atoms with E-state index < -0.39 is 0 Å². The Morgan fingerprint density at radius 1 is 1.14 bits per heavy atom. The number of imidazole rings is 1. The van der Waals surface area contributed by atoms with Gasteiger partial charge in [-0.1, -0.05) is 36.8 Å². The average molecular weight is 284 g/mol. The topological polar surface area (TPSA) is 47.1 Å². The number of nitrogens with zero attached hydrogens (tertiary/aromatic N) is 3. The van der Waals surface area contributed by atoms with Crippen molar-refractivity contribution >= 4 is 0 Å². The molecule has 0 saturated carbocycles. The van der Waals surface area contributed by atoms with Gasteiger partial charge >= 0.3 is 0 Å². The number of aromatic nitrogens is 2. The first-order valence-electron chi connectivity index (χ1n) is 7.82. The Labute approximate surface area is 126 Å². The van der Waals surface area contributed by atoms with Gasteiger partial charge in [-0.15, -0.1) is 0 Å². The van der Waals surface area contributed by atoms with Crippen molar-refractivity contribution < 1.29 is 0 Å². The molecule has 1 aromatic carbocycles. The molecule has 0 bridgehead atoms. The molecule has 0 aliphatic carbocycles. The Kier molecular flexibility index (Phi) is 4.36. The number of likely N-dealkylation sites (tertiary alicyclic amines) is 1. The van der Waals surface area contributed by atoms with Crippen molar-refractivity contribution in [2.24, 2.45) is 12.8 Å². The van der Waals surface area contributed by atoms with Gasteiger partial charge in [0.1, 0.15) is 5.82 Å². The second kappa shape index (κ2) is 6.41. The molecule has 21 heavy (non-hydrogen) atoms. The van der Waals surface area contributed by atoms with Gasteiger partial charge in [0.2, 0.25) is 0 Å². The maximum atomic E-state index is 6.04. The van der Waals surface area contributed by atoms with Crippen molar-refractivity contribution in [2.75, 3.05) is 19.6 Å². The molecule has 1 atom stereocenters. The third-order valence-electron chi connectivity index (χ3n) is 4.32. The summed E-state index contributed by atoms with van der Waals surface area (Å²) in [5, 5.41) is 0. The molecule has 0 spiro atoms. The average Bonchev–Trinajstić information content (AvgIpc) is 2.92. The molecule has 4 nitrogen and oxygen atoms in total. The van der Waals surface area contributed by atoms with Crippen molar-refractivity contribution in [3.05, 3.63) is 42.2 Å². The summed E-state index contributed by atoms with van der Waals surface area (Å²) in [5.74, 6) is 1.01. The van der Waals surface area contributed by atoms with Gasteiger partial charge in [-0.25, -0.2) is 4.98 Å². The standard InChI is InChI=1S/C17H24N4/c1-20-13-15(16(12-18)21-10-6-3-7-11-21)19-17(20)14-8-4-2-5-9-14/h2,4-5,8-9,13,16H,3,6-7,10-12,18H2,1H3. The summed E-state index contributed by atoms with van der Waals surface area (Å²) >= 11 is 0. The first kappa shape index (κ1) is 14.3. The van der Waals surface area contributed by atoms with Crippen molar-refractivity contribution in [1.82, 2.24) is 14.5 Å². The molecular weight excluding hydrogens is 260 g/mol. The number of hydrogen-bond donors (Lipinski definition) is 1. The van der Waals surface area contributed by atoms with E-state index in [1.807, 2.05) is 6.07 Å². The first-order valence-corrected chi connectivity index (χ1v) is 7.82. The number of rotatable bonds is 4. The molecule has 112 valence electrons. The van der Waals surface area contributed by atoms with E-state index in [1.165, 1.54) is 19.3 Å². The maximum Gasteiger partial charge on any atom is 0.140 e.